The summed E-state index contributed by atoms with van der Waals surface area (Å²) >= 11 is 0. The van der Waals surface area contributed by atoms with Gasteiger partial charge in [-0.05, 0) is 68.8 Å². The van der Waals surface area contributed by atoms with Gasteiger partial charge in [0.1, 0.15) is 0 Å². The van der Waals surface area contributed by atoms with E-state index in [9.17, 15) is 19.5 Å². The summed E-state index contributed by atoms with van der Waals surface area (Å²) in [5, 5.41) is 10.4. The predicted octanol–water partition coefficient (Wildman–Crippen LogP) is 3.07. The molecule has 3 aliphatic rings. The third kappa shape index (κ3) is 6.24. The molecule has 1 aliphatic heterocycles. The lowest BCUT2D eigenvalue weighted by Gasteiger charge is -2.53. The number of aliphatic hydroxyl groups is 1. The van der Waals surface area contributed by atoms with Crippen LogP contribution < -0.4 is 0 Å². The number of esters is 3. The van der Waals surface area contributed by atoms with Crippen LogP contribution in [0.4, 0.5) is 0 Å². The molecule has 1 heterocycles. The first-order chi connectivity index (χ1) is 16.2. The van der Waals surface area contributed by atoms with Crippen molar-refractivity contribution in [2.45, 2.75) is 110 Å². The Balaban J connectivity index is 1.80. The zero-order chi connectivity index (χ0) is 26.1. The predicted molar refractivity (Wildman–Crippen MR) is 125 cm³/mol. The summed E-state index contributed by atoms with van der Waals surface area (Å²) in [6.45, 7) is 14.1. The quantitative estimate of drug-likeness (QED) is 0.336. The van der Waals surface area contributed by atoms with E-state index in [1.165, 1.54) is 20.8 Å². The molecule has 9 heteroatoms. The van der Waals surface area contributed by atoms with Crippen molar-refractivity contribution in [3.05, 3.63) is 12.2 Å². The first kappa shape index (κ1) is 27.6. The number of aliphatic hydroxyl groups excluding tert-OH is 1. The van der Waals surface area contributed by atoms with Crippen LogP contribution >= 0.6 is 0 Å². The topological polar surface area (TPSA) is 118 Å². The molecular weight excluding hydrogens is 456 g/mol. The van der Waals surface area contributed by atoms with Gasteiger partial charge >= 0.3 is 17.9 Å². The molecule has 1 saturated heterocycles. The minimum Gasteiger partial charge on any atom is -0.456 e. The molecule has 2 saturated carbocycles. The van der Waals surface area contributed by atoms with Crippen molar-refractivity contribution < 1.29 is 43.2 Å². The van der Waals surface area contributed by atoms with Gasteiger partial charge in [0.25, 0.3) is 0 Å². The number of carbonyl (C=O) groups excluding carboxylic acids is 3. The van der Waals surface area contributed by atoms with E-state index in [0.717, 1.165) is 37.7 Å². The van der Waals surface area contributed by atoms with Crippen molar-refractivity contribution in [2.75, 3.05) is 6.61 Å². The minimum atomic E-state index is -1.12. The molecule has 3 rings (SSSR count). The van der Waals surface area contributed by atoms with E-state index in [-0.39, 0.29) is 23.9 Å². The Labute approximate surface area is 207 Å². The summed E-state index contributed by atoms with van der Waals surface area (Å²) in [5.41, 5.74) is 0.315. The van der Waals surface area contributed by atoms with Gasteiger partial charge in [0.15, 0.2) is 24.6 Å². The van der Waals surface area contributed by atoms with Crippen LogP contribution in [0.15, 0.2) is 12.2 Å². The molecule has 0 bridgehead atoms. The lowest BCUT2D eigenvalue weighted by atomic mass is 9.55. The van der Waals surface area contributed by atoms with Gasteiger partial charge in [-0.15, -0.1) is 0 Å². The summed E-state index contributed by atoms with van der Waals surface area (Å²) in [6.07, 6.45) is -0.189. The monoisotopic (exact) mass is 496 g/mol. The van der Waals surface area contributed by atoms with E-state index in [4.69, 9.17) is 23.7 Å². The van der Waals surface area contributed by atoms with Crippen molar-refractivity contribution in [3.8, 4) is 0 Å². The fraction of sp³-hybridized carbons (Fsp3) is 0.808. The SMILES string of the molecule is C=C1[C@H](O)CC[C@]2(C)CC[C@@H](C(C)(C)O[C@@H]3OC[C@@H](OC(C)=O)[C@H](OC(C)=O)[C@H]3OC(C)=O)C[C@@H]12. The second kappa shape index (κ2) is 10.6. The Hall–Kier alpha value is -1.97. The molecular formula is C26H40O9. The maximum absolute atomic E-state index is 11.9. The van der Waals surface area contributed by atoms with Crippen LogP contribution in [0.3, 0.4) is 0 Å². The van der Waals surface area contributed by atoms with Crippen LogP contribution in [0.25, 0.3) is 0 Å². The van der Waals surface area contributed by atoms with E-state index in [1.807, 2.05) is 13.8 Å². The zero-order valence-corrected chi connectivity index (χ0v) is 21.7. The van der Waals surface area contributed by atoms with Crippen molar-refractivity contribution in [2.24, 2.45) is 17.3 Å². The van der Waals surface area contributed by atoms with Gasteiger partial charge in [-0.2, -0.15) is 0 Å². The van der Waals surface area contributed by atoms with E-state index >= 15 is 0 Å². The number of carbonyl (C=O) groups is 3. The molecule has 0 aromatic carbocycles. The first-order valence-electron chi connectivity index (χ1n) is 12.4. The van der Waals surface area contributed by atoms with E-state index in [2.05, 4.69) is 13.5 Å². The summed E-state index contributed by atoms with van der Waals surface area (Å²) in [4.78, 5) is 35.3. The maximum atomic E-state index is 11.9. The van der Waals surface area contributed by atoms with Crippen molar-refractivity contribution in [1.82, 2.24) is 0 Å². The molecule has 9 nitrogen and oxygen atoms in total. The number of hydrogen-bond acceptors (Lipinski definition) is 9. The number of hydrogen-bond donors (Lipinski definition) is 1. The van der Waals surface area contributed by atoms with Gasteiger partial charge in [0, 0.05) is 20.8 Å². The Kier molecular flexibility index (Phi) is 8.34. The van der Waals surface area contributed by atoms with Gasteiger partial charge in [0.05, 0.1) is 18.3 Å². The largest absolute Gasteiger partial charge is 0.456 e. The lowest BCUT2D eigenvalue weighted by molar-refractivity contribution is -0.311. The standard InChI is InChI=1S/C26H40O9/c1-14-19-12-18(8-10-26(19,7)11-9-20(14)30)25(5,6)35-24-23(34-17(4)29)22(33-16(3)28)21(13-31-24)32-15(2)27/h18-24,30H,1,8-13H2,2-7H3/t18-,19+,20-,21-,22+,23-,24+,26+/m1/s1. The van der Waals surface area contributed by atoms with Gasteiger partial charge in [-0.25, -0.2) is 0 Å². The maximum Gasteiger partial charge on any atom is 0.303 e. The van der Waals surface area contributed by atoms with Crippen LogP contribution in [0, 0.1) is 17.3 Å². The number of ether oxygens (including phenoxy) is 5. The second-order valence-electron chi connectivity index (χ2n) is 11.0. The average Bonchev–Trinajstić information content (AvgIpc) is 2.74. The molecule has 0 aromatic heterocycles. The van der Waals surface area contributed by atoms with E-state index in [0.29, 0.717) is 0 Å². The fourth-order valence-corrected chi connectivity index (χ4v) is 5.98. The molecule has 0 amide bonds. The first-order valence-corrected chi connectivity index (χ1v) is 12.4. The smallest absolute Gasteiger partial charge is 0.303 e. The molecule has 35 heavy (non-hydrogen) atoms. The number of rotatable bonds is 6. The fourth-order valence-electron chi connectivity index (χ4n) is 5.98. The van der Waals surface area contributed by atoms with Crippen LogP contribution in [0.5, 0.6) is 0 Å². The summed E-state index contributed by atoms with van der Waals surface area (Å²) in [6, 6.07) is 0. The highest BCUT2D eigenvalue weighted by Crippen LogP contribution is 2.55. The average molecular weight is 497 g/mol. The highest BCUT2D eigenvalue weighted by Gasteiger charge is 2.52. The van der Waals surface area contributed by atoms with E-state index in [1.54, 1.807) is 0 Å². The Morgan fingerprint density at radius 2 is 1.57 bits per heavy atom. The van der Waals surface area contributed by atoms with Gasteiger partial charge in [-0.3, -0.25) is 14.4 Å². The van der Waals surface area contributed by atoms with Crippen LogP contribution in [-0.4, -0.2) is 65.9 Å². The van der Waals surface area contributed by atoms with Crippen molar-refractivity contribution in [1.29, 1.82) is 0 Å². The van der Waals surface area contributed by atoms with Gasteiger partial charge < -0.3 is 28.8 Å². The molecule has 2 aliphatic carbocycles. The number of fused-ring (bicyclic) bond motifs is 1. The highest BCUT2D eigenvalue weighted by molar-refractivity contribution is 5.68. The van der Waals surface area contributed by atoms with Crippen molar-refractivity contribution in [3.63, 3.8) is 0 Å². The highest BCUT2D eigenvalue weighted by atomic mass is 16.7. The Morgan fingerprint density at radius 1 is 1.00 bits per heavy atom. The Bertz CT molecular complexity index is 837. The molecule has 0 unspecified atom stereocenters. The molecule has 3 fully saturated rings. The summed E-state index contributed by atoms with van der Waals surface area (Å²) < 4.78 is 28.5. The van der Waals surface area contributed by atoms with E-state index < -0.39 is 54.2 Å². The molecule has 0 aromatic rings. The Morgan fingerprint density at radius 3 is 2.17 bits per heavy atom. The lowest BCUT2D eigenvalue weighted by Crippen LogP contribution is -2.60. The third-order valence-electron chi connectivity index (χ3n) is 8.00. The molecule has 198 valence electrons. The summed E-state index contributed by atoms with van der Waals surface area (Å²) in [7, 11) is 0. The van der Waals surface area contributed by atoms with Crippen LogP contribution in [0.2, 0.25) is 0 Å². The normalized spacial score (nSPS) is 37.7. The second-order valence-corrected chi connectivity index (χ2v) is 11.0. The summed E-state index contributed by atoms with van der Waals surface area (Å²) in [5.74, 6) is -1.47. The van der Waals surface area contributed by atoms with Gasteiger partial charge in [-0.1, -0.05) is 13.5 Å². The minimum absolute atomic E-state index is 0.0790. The molecule has 0 radical (unpaired) electrons. The molecule has 0 spiro atoms. The van der Waals surface area contributed by atoms with Crippen LogP contribution in [0.1, 0.15) is 73.6 Å². The van der Waals surface area contributed by atoms with Crippen LogP contribution in [-0.2, 0) is 38.1 Å². The third-order valence-corrected chi connectivity index (χ3v) is 8.00. The molecule has 8 atom stereocenters. The molecule has 1 N–H and O–H groups in total. The van der Waals surface area contributed by atoms with Crippen molar-refractivity contribution >= 4 is 17.9 Å². The zero-order valence-electron chi connectivity index (χ0n) is 21.7. The van der Waals surface area contributed by atoms with Gasteiger partial charge in [0.2, 0.25) is 0 Å².